The van der Waals surface area contributed by atoms with Crippen LogP contribution < -0.4 is 0 Å². The molecule has 10 heteroatoms. The van der Waals surface area contributed by atoms with Crippen molar-refractivity contribution in [1.82, 2.24) is 9.80 Å². The molecule has 4 unspecified atom stereocenters. The molecule has 0 amide bonds. The summed E-state index contributed by atoms with van der Waals surface area (Å²) in [6, 6.07) is 0. The monoisotopic (exact) mass is 572 g/mol. The number of fused-ring (bicyclic) bond motifs is 3. The molecule has 0 spiro atoms. The number of halogens is 1. The second-order valence-electron chi connectivity index (χ2n) is 13.5. The van der Waals surface area contributed by atoms with Crippen LogP contribution in [-0.4, -0.2) is 112 Å². The molecule has 9 nitrogen and oxygen atoms in total. The molecule has 2 heterocycles. The van der Waals surface area contributed by atoms with Gasteiger partial charge in [0.1, 0.15) is 17.8 Å². The van der Waals surface area contributed by atoms with Crippen molar-refractivity contribution in [3.63, 3.8) is 0 Å². The van der Waals surface area contributed by atoms with Crippen LogP contribution >= 0.6 is 12.4 Å². The quantitative estimate of drug-likeness (QED) is 0.324. The lowest BCUT2D eigenvalue weighted by Gasteiger charge is -2.71. The molecule has 224 valence electrons. The Morgan fingerprint density at radius 1 is 1.15 bits per heavy atom. The van der Waals surface area contributed by atoms with Crippen LogP contribution in [0, 0.1) is 16.7 Å². The number of esters is 1. The van der Waals surface area contributed by atoms with E-state index in [9.17, 15) is 24.9 Å². The van der Waals surface area contributed by atoms with E-state index in [-0.39, 0.29) is 25.2 Å². The summed E-state index contributed by atoms with van der Waals surface area (Å²) in [4.78, 5) is 31.6. The van der Waals surface area contributed by atoms with E-state index < -0.39 is 63.6 Å². The first-order valence-electron chi connectivity index (χ1n) is 14.1. The highest BCUT2D eigenvalue weighted by Gasteiger charge is 2.81. The maximum Gasteiger partial charge on any atom is 0.306 e. The van der Waals surface area contributed by atoms with Gasteiger partial charge in [0.25, 0.3) is 0 Å². The highest BCUT2D eigenvalue weighted by Crippen LogP contribution is 2.67. The average Bonchev–Trinajstić information content (AvgIpc) is 2.84. The van der Waals surface area contributed by atoms with Gasteiger partial charge < -0.3 is 34.6 Å². The van der Waals surface area contributed by atoms with Crippen molar-refractivity contribution in [2.24, 2.45) is 16.7 Å². The van der Waals surface area contributed by atoms with E-state index >= 15 is 0 Å². The van der Waals surface area contributed by atoms with Crippen LogP contribution in [0.1, 0.15) is 66.7 Å². The zero-order chi connectivity index (χ0) is 28.3. The Hall–Kier alpha value is -1.07. The Kier molecular flexibility index (Phi) is 9.12. The van der Waals surface area contributed by atoms with Crippen molar-refractivity contribution in [2.45, 2.75) is 102 Å². The van der Waals surface area contributed by atoms with Crippen molar-refractivity contribution in [3.05, 3.63) is 12.7 Å². The van der Waals surface area contributed by atoms with E-state index in [1.165, 1.54) is 13.0 Å². The summed E-state index contributed by atoms with van der Waals surface area (Å²) in [7, 11) is 2.10. The Labute approximate surface area is 239 Å². The number of rotatable bonds is 6. The topological polar surface area (TPSA) is 120 Å². The molecule has 3 N–H and O–H groups in total. The molecule has 4 aliphatic rings. The van der Waals surface area contributed by atoms with Crippen molar-refractivity contribution in [1.29, 1.82) is 0 Å². The van der Waals surface area contributed by atoms with Crippen molar-refractivity contribution in [3.8, 4) is 0 Å². The minimum absolute atomic E-state index is 0. The molecule has 0 aromatic rings. The van der Waals surface area contributed by atoms with Gasteiger partial charge in [-0.25, -0.2) is 0 Å². The van der Waals surface area contributed by atoms with E-state index in [0.29, 0.717) is 19.3 Å². The average molecular weight is 573 g/mol. The first-order chi connectivity index (χ1) is 17.6. The first kappa shape index (κ1) is 32.4. The van der Waals surface area contributed by atoms with Gasteiger partial charge in [0.05, 0.1) is 11.7 Å². The van der Waals surface area contributed by atoms with Gasteiger partial charge in [-0.3, -0.25) is 9.59 Å². The Balaban J connectivity index is 0.00000420. The predicted molar refractivity (Wildman–Crippen MR) is 150 cm³/mol. The van der Waals surface area contributed by atoms with E-state index in [4.69, 9.17) is 9.47 Å². The van der Waals surface area contributed by atoms with E-state index in [1.54, 1.807) is 13.8 Å². The summed E-state index contributed by atoms with van der Waals surface area (Å²) in [5.41, 5.74) is -7.14. The molecular weight excluding hydrogens is 524 g/mol. The van der Waals surface area contributed by atoms with Crippen molar-refractivity contribution >= 4 is 24.2 Å². The summed E-state index contributed by atoms with van der Waals surface area (Å²) in [6.45, 7) is 17.4. The van der Waals surface area contributed by atoms with E-state index in [1.807, 2.05) is 13.8 Å². The number of piperazine rings is 1. The molecule has 2 aliphatic carbocycles. The van der Waals surface area contributed by atoms with Gasteiger partial charge in [-0.05, 0) is 52.1 Å². The second kappa shape index (κ2) is 11.0. The Morgan fingerprint density at radius 2 is 1.77 bits per heavy atom. The fourth-order valence-electron chi connectivity index (χ4n) is 8.13. The lowest BCUT2D eigenvalue weighted by atomic mass is 9.40. The maximum atomic E-state index is 13.8. The molecule has 2 saturated heterocycles. The first-order valence-corrected chi connectivity index (χ1v) is 14.1. The van der Waals surface area contributed by atoms with Gasteiger partial charge in [-0.1, -0.05) is 26.8 Å². The highest BCUT2D eigenvalue weighted by atomic mass is 35.5. The summed E-state index contributed by atoms with van der Waals surface area (Å²) in [5.74, 6) is -1.63. The van der Waals surface area contributed by atoms with Crippen LogP contribution in [0.5, 0.6) is 0 Å². The van der Waals surface area contributed by atoms with E-state index in [0.717, 1.165) is 32.7 Å². The summed E-state index contributed by atoms with van der Waals surface area (Å²) >= 11 is 0. The number of ether oxygens (including phenoxy) is 2. The molecule has 0 aromatic heterocycles. The SMILES string of the molecule is C=C[C@@]1(C)CC(=O)[C@]2(O)C3(C)C(C(OC(=O)CCCN4CCN(C)CC4)C(O)[C@@]2(C)O1)C(C)(C)CC[C@@H]3O.Cl. The zero-order valence-electron chi connectivity index (χ0n) is 24.4. The smallest absolute Gasteiger partial charge is 0.306 e. The number of Topliss-reactive ketones (excluding diaryl/α,β-unsaturated/α-hetero) is 1. The summed E-state index contributed by atoms with van der Waals surface area (Å²) in [5, 5.41) is 35.7. The number of likely N-dealkylation sites (N-methyl/N-ethyl adjacent to an activating group) is 1. The normalized spacial score (nSPS) is 44.5. The van der Waals surface area contributed by atoms with Crippen molar-refractivity contribution in [2.75, 3.05) is 39.8 Å². The lowest BCUT2D eigenvalue weighted by molar-refractivity contribution is -0.370. The minimum atomic E-state index is -2.20. The number of aliphatic hydroxyl groups excluding tert-OH is 2. The van der Waals surface area contributed by atoms with Crippen LogP contribution in [0.3, 0.4) is 0 Å². The largest absolute Gasteiger partial charge is 0.459 e. The van der Waals surface area contributed by atoms with Crippen LogP contribution in [0.4, 0.5) is 0 Å². The fourth-order valence-corrected chi connectivity index (χ4v) is 8.13. The molecule has 39 heavy (non-hydrogen) atoms. The van der Waals surface area contributed by atoms with Gasteiger partial charge >= 0.3 is 5.97 Å². The molecule has 4 fully saturated rings. The molecule has 4 rings (SSSR count). The maximum absolute atomic E-state index is 13.8. The van der Waals surface area contributed by atoms with Crippen LogP contribution in [0.25, 0.3) is 0 Å². The third kappa shape index (κ3) is 5.00. The van der Waals surface area contributed by atoms with Gasteiger partial charge in [0.2, 0.25) is 0 Å². The molecular formula is C29H49ClN2O7. The number of carbonyl (C=O) groups is 2. The Morgan fingerprint density at radius 3 is 2.36 bits per heavy atom. The van der Waals surface area contributed by atoms with Crippen LogP contribution in [-0.2, 0) is 19.1 Å². The lowest BCUT2D eigenvalue weighted by Crippen LogP contribution is -2.86. The van der Waals surface area contributed by atoms with Gasteiger partial charge in [0.15, 0.2) is 11.4 Å². The third-order valence-electron chi connectivity index (χ3n) is 10.5. The molecule has 0 aromatic carbocycles. The number of carbonyl (C=O) groups excluding carboxylic acids is 2. The van der Waals surface area contributed by atoms with Gasteiger partial charge in [0, 0.05) is 50.4 Å². The highest BCUT2D eigenvalue weighted by molar-refractivity contribution is 5.92. The minimum Gasteiger partial charge on any atom is -0.459 e. The van der Waals surface area contributed by atoms with Gasteiger partial charge in [-0.15, -0.1) is 19.0 Å². The second-order valence-corrected chi connectivity index (χ2v) is 13.5. The molecule has 0 bridgehead atoms. The fraction of sp³-hybridized carbons (Fsp3) is 0.862. The van der Waals surface area contributed by atoms with Gasteiger partial charge in [-0.2, -0.15) is 0 Å². The molecule has 2 saturated carbocycles. The predicted octanol–water partition coefficient (Wildman–Crippen LogP) is 1.95. The number of ketones is 1. The van der Waals surface area contributed by atoms with Crippen LogP contribution in [0.2, 0.25) is 0 Å². The zero-order valence-corrected chi connectivity index (χ0v) is 25.3. The van der Waals surface area contributed by atoms with Crippen molar-refractivity contribution < 1.29 is 34.4 Å². The third-order valence-corrected chi connectivity index (χ3v) is 10.5. The van der Waals surface area contributed by atoms with Crippen LogP contribution in [0.15, 0.2) is 12.7 Å². The molecule has 0 radical (unpaired) electrons. The number of hydrogen-bond acceptors (Lipinski definition) is 9. The molecule has 8 atom stereocenters. The van der Waals surface area contributed by atoms with E-state index in [2.05, 4.69) is 23.4 Å². The number of aliphatic hydroxyl groups is 3. The Bertz CT molecular complexity index is 956. The number of hydrogen-bond donors (Lipinski definition) is 3. The standard InChI is InChI=1S/C29H48N2O7.ClH/c1-8-26(4)18-20(33)29(36)27(5)19(32)11-12-25(2,3)23(27)22(24(35)28(29,6)38-26)37-21(34)10-9-13-31-16-14-30(7)15-17-31;/h8,19,22-24,32,35-36H,1,9-18H2,2-7H3;1H/t19-,22?,23?,24?,26-,27?,28+,29-;/m0./s1. The number of nitrogens with zero attached hydrogens (tertiary/aromatic N) is 2. The summed E-state index contributed by atoms with van der Waals surface area (Å²) in [6.07, 6.45) is -0.504. The summed E-state index contributed by atoms with van der Waals surface area (Å²) < 4.78 is 12.4. The molecule has 2 aliphatic heterocycles.